The molecule has 2 rings (SSSR count). The zero-order valence-electron chi connectivity index (χ0n) is 12.0. The first-order chi connectivity index (χ1) is 9.84. The molecule has 0 aliphatic carbocycles. The monoisotopic (exact) mass is 556 g/mol. The highest BCUT2D eigenvalue weighted by Gasteiger charge is 2.52. The van der Waals surface area contributed by atoms with Crippen LogP contribution in [0.1, 0.15) is 13.8 Å². The van der Waals surface area contributed by atoms with E-state index in [-0.39, 0.29) is 15.1 Å². The Morgan fingerprint density at radius 1 is 0.762 bits per heavy atom. The van der Waals surface area contributed by atoms with Crippen LogP contribution in [0.15, 0.2) is 0 Å². The van der Waals surface area contributed by atoms with Gasteiger partial charge in [-0.25, -0.2) is 0 Å². The fourth-order valence-electron chi connectivity index (χ4n) is 2.26. The third-order valence-corrected chi connectivity index (χ3v) is 7.03. The van der Waals surface area contributed by atoms with Gasteiger partial charge in [0.2, 0.25) is 0 Å². The van der Waals surface area contributed by atoms with E-state index in [0.29, 0.717) is 37.1 Å². The molecule has 2 aliphatic rings. The van der Waals surface area contributed by atoms with Gasteiger partial charge in [0.25, 0.3) is 0 Å². The van der Waals surface area contributed by atoms with Crippen LogP contribution < -0.4 is 0 Å². The number of ether oxygens (including phenoxy) is 4. The smallest absolute Gasteiger partial charge is 0.190 e. The summed E-state index contributed by atoms with van der Waals surface area (Å²) in [6, 6.07) is 0. The van der Waals surface area contributed by atoms with Gasteiger partial charge in [-0.15, -0.1) is 0 Å². The third kappa shape index (κ3) is 3.72. The van der Waals surface area contributed by atoms with E-state index in [9.17, 15) is 0 Å². The van der Waals surface area contributed by atoms with Crippen molar-refractivity contribution >= 4 is 63.7 Å². The second-order valence-corrected chi connectivity index (χ2v) is 9.65. The predicted molar refractivity (Wildman–Crippen MR) is 96.1 cm³/mol. The van der Waals surface area contributed by atoms with Crippen molar-refractivity contribution in [2.24, 2.45) is 5.41 Å². The molecule has 2 fully saturated rings. The van der Waals surface area contributed by atoms with Gasteiger partial charge in [-0.1, -0.05) is 63.7 Å². The minimum Gasteiger partial charge on any atom is -0.347 e. The van der Waals surface area contributed by atoms with Gasteiger partial charge in [-0.2, -0.15) is 0 Å². The van der Waals surface area contributed by atoms with Crippen molar-refractivity contribution in [2.45, 2.75) is 35.1 Å². The van der Waals surface area contributed by atoms with Crippen molar-refractivity contribution in [1.82, 2.24) is 0 Å². The molecule has 2 saturated heterocycles. The summed E-state index contributed by atoms with van der Waals surface area (Å²) in [5.74, 6) is -1.25. The van der Waals surface area contributed by atoms with Gasteiger partial charge in [-0.3, -0.25) is 0 Å². The highest BCUT2D eigenvalue weighted by molar-refractivity contribution is 9.10. The average molecular weight is 560 g/mol. The van der Waals surface area contributed by atoms with Crippen molar-refractivity contribution in [2.75, 3.05) is 37.1 Å². The zero-order chi connectivity index (χ0) is 15.7. The normalized spacial score (nSPS) is 43.7. The molecule has 0 aromatic carbocycles. The lowest BCUT2D eigenvalue weighted by Crippen LogP contribution is -2.62. The molecule has 0 amide bonds. The SMILES string of the molecule is CC(Br)C1(CBr)OCC2(CO1)COC(CBr)(C(C)Br)OC2. The molecule has 0 bridgehead atoms. The molecule has 0 aromatic rings. The number of rotatable bonds is 4. The van der Waals surface area contributed by atoms with Gasteiger partial charge in [0, 0.05) is 0 Å². The van der Waals surface area contributed by atoms with E-state index < -0.39 is 11.6 Å². The zero-order valence-corrected chi connectivity index (χ0v) is 18.4. The van der Waals surface area contributed by atoms with E-state index in [0.717, 1.165) is 0 Å². The molecular weight excluding hydrogens is 540 g/mol. The van der Waals surface area contributed by atoms with Gasteiger partial charge < -0.3 is 18.9 Å². The first kappa shape index (κ1) is 19.1. The number of hydrogen-bond donors (Lipinski definition) is 0. The predicted octanol–water partition coefficient (Wildman–Crippen LogP) is 3.82. The molecule has 0 saturated carbocycles. The van der Waals surface area contributed by atoms with E-state index in [1.165, 1.54) is 0 Å². The average Bonchev–Trinajstić information content (AvgIpc) is 2.49. The minimum absolute atomic E-state index is 0.0938. The van der Waals surface area contributed by atoms with Crippen molar-refractivity contribution < 1.29 is 18.9 Å². The summed E-state index contributed by atoms with van der Waals surface area (Å²) in [4.78, 5) is 0.188. The van der Waals surface area contributed by atoms with Crippen molar-refractivity contribution in [3.63, 3.8) is 0 Å². The number of alkyl halides is 4. The Kier molecular flexibility index (Phi) is 6.67. The summed E-state index contributed by atoms with van der Waals surface area (Å²) in [7, 11) is 0. The Morgan fingerprint density at radius 2 is 1.05 bits per heavy atom. The topological polar surface area (TPSA) is 36.9 Å². The molecule has 124 valence electrons. The lowest BCUT2D eigenvalue weighted by molar-refractivity contribution is -0.354. The Morgan fingerprint density at radius 3 is 1.24 bits per heavy atom. The number of hydrogen-bond acceptors (Lipinski definition) is 4. The molecule has 2 aliphatic heterocycles. The molecule has 8 heteroatoms. The van der Waals surface area contributed by atoms with Crippen LogP contribution in [0.4, 0.5) is 0 Å². The highest BCUT2D eigenvalue weighted by atomic mass is 79.9. The lowest BCUT2D eigenvalue weighted by atomic mass is 9.89. The highest BCUT2D eigenvalue weighted by Crippen LogP contribution is 2.41. The van der Waals surface area contributed by atoms with Crippen LogP contribution in [0, 0.1) is 5.41 Å². The first-order valence-electron chi connectivity index (χ1n) is 6.80. The molecule has 1 spiro atoms. The Hall–Kier alpha value is 1.76. The van der Waals surface area contributed by atoms with Gasteiger partial charge in [0.05, 0.1) is 52.2 Å². The van der Waals surface area contributed by atoms with Crippen LogP contribution in [0.3, 0.4) is 0 Å². The summed E-state index contributed by atoms with van der Waals surface area (Å²) in [5, 5.41) is 1.24. The molecular formula is C13H20Br4O4. The van der Waals surface area contributed by atoms with Crippen LogP contribution in [-0.2, 0) is 18.9 Å². The van der Waals surface area contributed by atoms with Crippen LogP contribution in [0.25, 0.3) is 0 Å². The molecule has 0 radical (unpaired) electrons. The van der Waals surface area contributed by atoms with E-state index in [1.54, 1.807) is 0 Å². The van der Waals surface area contributed by atoms with Crippen molar-refractivity contribution in [3.8, 4) is 0 Å². The summed E-state index contributed by atoms with van der Waals surface area (Å²) < 4.78 is 24.1. The van der Waals surface area contributed by atoms with Gasteiger partial charge in [0.1, 0.15) is 0 Å². The molecule has 21 heavy (non-hydrogen) atoms. The summed E-state index contributed by atoms with van der Waals surface area (Å²) in [6.07, 6.45) is 0. The van der Waals surface area contributed by atoms with E-state index in [1.807, 2.05) is 13.8 Å². The van der Waals surface area contributed by atoms with Crippen molar-refractivity contribution in [1.29, 1.82) is 0 Å². The van der Waals surface area contributed by atoms with Crippen LogP contribution in [0.5, 0.6) is 0 Å². The molecule has 2 heterocycles. The minimum atomic E-state index is -0.627. The Bertz CT molecular complexity index is 311. The third-order valence-electron chi connectivity index (χ3n) is 4.08. The van der Waals surface area contributed by atoms with E-state index in [4.69, 9.17) is 18.9 Å². The maximum absolute atomic E-state index is 6.03. The summed E-state index contributed by atoms with van der Waals surface area (Å²) in [5.41, 5.74) is -0.235. The molecule has 2 atom stereocenters. The first-order valence-corrected chi connectivity index (χ1v) is 10.9. The Balaban J connectivity index is 2.00. The molecule has 4 nitrogen and oxygen atoms in total. The summed E-state index contributed by atoms with van der Waals surface area (Å²) >= 11 is 14.1. The maximum Gasteiger partial charge on any atom is 0.190 e. The fourth-order valence-corrected chi connectivity index (χ4v) is 5.60. The fraction of sp³-hybridized carbons (Fsp3) is 1.00. The van der Waals surface area contributed by atoms with E-state index >= 15 is 0 Å². The van der Waals surface area contributed by atoms with Gasteiger partial charge in [0.15, 0.2) is 11.6 Å². The van der Waals surface area contributed by atoms with E-state index in [2.05, 4.69) is 63.7 Å². The van der Waals surface area contributed by atoms with Crippen molar-refractivity contribution in [3.05, 3.63) is 0 Å². The second kappa shape index (κ2) is 7.33. The van der Waals surface area contributed by atoms with Gasteiger partial charge >= 0.3 is 0 Å². The van der Waals surface area contributed by atoms with Crippen LogP contribution in [0.2, 0.25) is 0 Å². The Labute approximate surface area is 159 Å². The van der Waals surface area contributed by atoms with Crippen LogP contribution in [-0.4, -0.2) is 58.3 Å². The standard InChI is InChI=1S/C13H20Br4O4/c1-9(16)12(3-14)18-5-11(6-19-12)7-20-13(4-15,10(2)17)21-8-11/h9-10H,3-8H2,1-2H3. The quantitative estimate of drug-likeness (QED) is 0.491. The molecule has 0 aromatic heterocycles. The second-order valence-electron chi connectivity index (χ2n) is 5.78. The van der Waals surface area contributed by atoms with Crippen LogP contribution >= 0.6 is 63.7 Å². The molecule has 0 N–H and O–H groups in total. The largest absolute Gasteiger partial charge is 0.347 e. The lowest BCUT2D eigenvalue weighted by Gasteiger charge is -2.51. The van der Waals surface area contributed by atoms with Gasteiger partial charge in [-0.05, 0) is 13.8 Å². The molecule has 2 unspecified atom stereocenters. The number of halogens is 4. The summed E-state index contributed by atoms with van der Waals surface area (Å²) in [6.45, 7) is 6.28. The maximum atomic E-state index is 6.03.